The molecule has 1 fully saturated rings. The van der Waals surface area contributed by atoms with Crippen molar-refractivity contribution in [2.75, 3.05) is 23.3 Å². The highest BCUT2D eigenvalue weighted by atomic mass is 35.5. The number of anilines is 2. The van der Waals surface area contributed by atoms with Gasteiger partial charge in [-0.1, -0.05) is 0 Å². The van der Waals surface area contributed by atoms with E-state index in [0.29, 0.717) is 11.3 Å². The van der Waals surface area contributed by atoms with Crippen LogP contribution in [0.1, 0.15) is 23.2 Å². The van der Waals surface area contributed by atoms with Crippen LogP contribution in [0.2, 0.25) is 0 Å². The summed E-state index contributed by atoms with van der Waals surface area (Å²) in [5, 5.41) is 9.74. The molecule has 1 aliphatic rings. The normalized spacial score (nSPS) is 14.0. The molecule has 2 N–H and O–H groups in total. The van der Waals surface area contributed by atoms with E-state index < -0.39 is 5.57 Å². The lowest BCUT2D eigenvalue weighted by molar-refractivity contribution is -0.0964. The number of ether oxygens (including phenoxy) is 1. The first-order valence-corrected chi connectivity index (χ1v) is 9.83. The average Bonchev–Trinajstić information content (AvgIpc) is 3.42. The van der Waals surface area contributed by atoms with E-state index in [-0.39, 0.29) is 11.7 Å². The van der Waals surface area contributed by atoms with Crippen molar-refractivity contribution in [1.82, 2.24) is 10.2 Å². The van der Waals surface area contributed by atoms with E-state index in [4.69, 9.17) is 11.6 Å². The maximum absolute atomic E-state index is 12.8. The number of rotatable bonds is 6. The van der Waals surface area contributed by atoms with Crippen LogP contribution in [0.15, 0.2) is 54.7 Å². The topological polar surface area (TPSA) is 70.2 Å². The lowest BCUT2D eigenvalue weighted by Crippen LogP contribution is -2.19. The zero-order valence-corrected chi connectivity index (χ0v) is 16.6. The molecule has 30 heavy (non-hydrogen) atoms. The third-order valence-electron chi connectivity index (χ3n) is 4.84. The summed E-state index contributed by atoms with van der Waals surface area (Å²) < 4.78 is 29.7. The fourth-order valence-corrected chi connectivity index (χ4v) is 3.56. The number of amides is 1. The molecular weight excluding hydrogens is 414 g/mol. The molecule has 1 aromatic heterocycles. The van der Waals surface area contributed by atoms with Gasteiger partial charge in [0.15, 0.2) is 0 Å². The Kier molecular flexibility index (Phi) is 5.59. The Morgan fingerprint density at radius 2 is 1.87 bits per heavy atom. The number of benzene rings is 2. The third kappa shape index (κ3) is 4.71. The van der Waals surface area contributed by atoms with Crippen molar-refractivity contribution in [3.8, 4) is 17.0 Å². The number of nitrogens with zero attached hydrogens (tertiary/aromatic N) is 2. The number of hydrogen-bond donors (Lipinski definition) is 2. The molecule has 1 saturated heterocycles. The van der Waals surface area contributed by atoms with E-state index in [9.17, 15) is 13.6 Å². The molecule has 1 aliphatic heterocycles. The summed E-state index contributed by atoms with van der Waals surface area (Å²) in [4.78, 5) is 15.1. The molecule has 4 rings (SSSR count). The second-order valence-electron chi connectivity index (χ2n) is 6.92. The van der Waals surface area contributed by atoms with Gasteiger partial charge in [0.2, 0.25) is 0 Å². The van der Waals surface area contributed by atoms with Crippen LogP contribution in [-0.2, 0) is 0 Å². The van der Waals surface area contributed by atoms with Gasteiger partial charge in [-0.15, -0.1) is 8.78 Å². The van der Waals surface area contributed by atoms with Gasteiger partial charge in [0.25, 0.3) is 5.91 Å². The number of aromatic nitrogens is 2. The van der Waals surface area contributed by atoms with Crippen LogP contribution in [0.3, 0.4) is 0 Å². The fourth-order valence-electron chi connectivity index (χ4n) is 3.48. The van der Waals surface area contributed by atoms with Crippen LogP contribution in [0.4, 0.5) is 20.2 Å². The van der Waals surface area contributed by atoms with Crippen molar-refractivity contribution >= 4 is 28.9 Å². The summed E-state index contributed by atoms with van der Waals surface area (Å²) >= 11 is 4.75. The number of halogens is 3. The maximum Gasteiger partial charge on any atom is 0.487 e. The first-order valence-electron chi connectivity index (χ1n) is 9.45. The molecule has 0 spiro atoms. The zero-order valence-electron chi connectivity index (χ0n) is 15.9. The van der Waals surface area contributed by atoms with Gasteiger partial charge >= 0.3 is 5.57 Å². The number of carbonyl (C=O) groups excluding carboxylic acids is 1. The lowest BCUT2D eigenvalue weighted by Gasteiger charge is -2.21. The Bertz CT molecular complexity index is 1010. The van der Waals surface area contributed by atoms with Gasteiger partial charge in [-0.2, -0.15) is 5.10 Å². The van der Waals surface area contributed by atoms with Gasteiger partial charge in [-0.25, -0.2) is 0 Å². The van der Waals surface area contributed by atoms with Gasteiger partial charge in [-0.05, 0) is 61.4 Å². The van der Waals surface area contributed by atoms with Crippen LogP contribution in [0.5, 0.6) is 5.75 Å². The van der Waals surface area contributed by atoms with Crippen LogP contribution in [0, 0.1) is 0 Å². The first kappa shape index (κ1) is 20.2. The Labute approximate surface area is 176 Å². The smallest absolute Gasteiger partial charge is 0.420 e. The summed E-state index contributed by atoms with van der Waals surface area (Å²) in [5.41, 5.74) is -0.0978. The van der Waals surface area contributed by atoms with Crippen molar-refractivity contribution in [3.05, 3.63) is 60.3 Å². The van der Waals surface area contributed by atoms with Gasteiger partial charge in [0.1, 0.15) is 5.75 Å². The number of alkyl halides is 3. The Balaban J connectivity index is 1.55. The molecule has 0 atom stereocenters. The van der Waals surface area contributed by atoms with Gasteiger partial charge in [0, 0.05) is 53.4 Å². The molecule has 2 aromatic carbocycles. The summed E-state index contributed by atoms with van der Waals surface area (Å²) in [7, 11) is 0. The average molecular weight is 433 g/mol. The number of hydrogen-bond acceptors (Lipinski definition) is 4. The lowest BCUT2D eigenvalue weighted by atomic mass is 10.0. The highest BCUT2D eigenvalue weighted by Crippen LogP contribution is 2.33. The molecule has 2 heterocycles. The van der Waals surface area contributed by atoms with E-state index in [0.717, 1.165) is 42.9 Å². The molecule has 0 bridgehead atoms. The van der Waals surface area contributed by atoms with Crippen molar-refractivity contribution < 1.29 is 18.3 Å². The van der Waals surface area contributed by atoms with E-state index in [1.54, 1.807) is 12.3 Å². The Hall–Kier alpha value is -3.13. The Morgan fingerprint density at radius 1 is 1.13 bits per heavy atom. The van der Waals surface area contributed by atoms with Crippen LogP contribution in [-0.4, -0.2) is 34.8 Å². The highest BCUT2D eigenvalue weighted by Gasteiger charge is 2.27. The summed E-state index contributed by atoms with van der Waals surface area (Å²) in [6.07, 6.45) is 3.95. The third-order valence-corrected chi connectivity index (χ3v) is 4.92. The quantitative estimate of drug-likeness (QED) is 0.532. The molecular formula is C21H19ClF2N4O2. The van der Waals surface area contributed by atoms with Gasteiger partial charge in [-0.3, -0.25) is 9.89 Å². The summed E-state index contributed by atoms with van der Waals surface area (Å²) in [6, 6.07) is 12.9. The van der Waals surface area contributed by atoms with E-state index in [2.05, 4.69) is 25.2 Å². The Morgan fingerprint density at radius 3 is 2.50 bits per heavy atom. The van der Waals surface area contributed by atoms with E-state index >= 15 is 0 Å². The molecule has 0 unspecified atom stereocenters. The van der Waals surface area contributed by atoms with Crippen molar-refractivity contribution in [1.29, 1.82) is 0 Å². The zero-order chi connectivity index (χ0) is 21.1. The highest BCUT2D eigenvalue weighted by molar-refractivity contribution is 6.20. The first-order chi connectivity index (χ1) is 14.4. The van der Waals surface area contributed by atoms with Crippen LogP contribution < -0.4 is 15.0 Å². The van der Waals surface area contributed by atoms with E-state index in [1.165, 1.54) is 24.3 Å². The standard InChI is InChI=1S/C21H19ClF2N4O2/c22-21(23,24)30-16-6-4-15(5-7-16)26-20(29)14-3-8-19(28-11-1-2-12-28)17(13-14)18-9-10-25-27-18/h3-10,13H,1-2,11-12H2,(H,25,27)(H,26,29). The molecule has 6 nitrogen and oxygen atoms in total. The molecule has 1 amide bonds. The molecule has 9 heteroatoms. The molecule has 156 valence electrons. The molecule has 0 radical (unpaired) electrons. The predicted octanol–water partition coefficient (Wildman–Crippen LogP) is 5.10. The molecule has 0 saturated carbocycles. The summed E-state index contributed by atoms with van der Waals surface area (Å²) in [5.74, 6) is -0.426. The maximum atomic E-state index is 12.8. The molecule has 3 aromatic rings. The largest absolute Gasteiger partial charge is 0.487 e. The predicted molar refractivity (Wildman–Crippen MR) is 111 cm³/mol. The molecule has 0 aliphatic carbocycles. The van der Waals surface area contributed by atoms with E-state index in [1.807, 2.05) is 18.2 Å². The van der Waals surface area contributed by atoms with Gasteiger partial charge < -0.3 is 15.0 Å². The minimum atomic E-state index is -3.79. The van der Waals surface area contributed by atoms with Crippen molar-refractivity contribution in [3.63, 3.8) is 0 Å². The number of aromatic amines is 1. The minimum absolute atomic E-state index is 0.107. The van der Waals surface area contributed by atoms with Crippen molar-refractivity contribution in [2.45, 2.75) is 18.4 Å². The monoisotopic (exact) mass is 432 g/mol. The fraction of sp³-hybridized carbons (Fsp3) is 0.238. The number of carbonyl (C=O) groups is 1. The van der Waals surface area contributed by atoms with Crippen molar-refractivity contribution in [2.24, 2.45) is 0 Å². The van der Waals surface area contributed by atoms with Gasteiger partial charge in [0.05, 0.1) is 5.69 Å². The number of nitrogens with one attached hydrogen (secondary N) is 2. The number of H-pyrrole nitrogens is 1. The van der Waals surface area contributed by atoms with Crippen LogP contribution >= 0.6 is 11.6 Å². The minimum Gasteiger partial charge on any atom is -0.420 e. The second kappa shape index (κ2) is 8.31. The summed E-state index contributed by atoms with van der Waals surface area (Å²) in [6.45, 7) is 1.95. The SMILES string of the molecule is O=C(Nc1ccc(OC(F)(F)Cl)cc1)c1ccc(N2CCCC2)c(-c2ccn[nH]2)c1. The van der Waals surface area contributed by atoms with Crippen LogP contribution in [0.25, 0.3) is 11.3 Å². The second-order valence-corrected chi connectivity index (χ2v) is 7.36.